The third kappa shape index (κ3) is 7.59. The van der Waals surface area contributed by atoms with Crippen LogP contribution >= 0.6 is 0 Å². The molecule has 2 nitrogen and oxygen atoms in total. The summed E-state index contributed by atoms with van der Waals surface area (Å²) in [7, 11) is 0. The summed E-state index contributed by atoms with van der Waals surface area (Å²) in [4.78, 5) is 10.3. The Hall–Kier alpha value is -1.05. The highest BCUT2D eigenvalue weighted by atomic mass is 16.4. The highest BCUT2D eigenvalue weighted by Crippen LogP contribution is 2.18. The first-order chi connectivity index (χ1) is 6.70. The first-order valence-electron chi connectivity index (χ1n) is 5.14. The second kappa shape index (κ2) is 8.54. The topological polar surface area (TPSA) is 37.3 Å². The van der Waals surface area contributed by atoms with E-state index >= 15 is 0 Å². The van der Waals surface area contributed by atoms with Crippen molar-refractivity contribution in [3.8, 4) is 0 Å². The Balaban J connectivity index is 3.53. The van der Waals surface area contributed by atoms with Crippen LogP contribution < -0.4 is 0 Å². The van der Waals surface area contributed by atoms with Crippen LogP contribution in [0.5, 0.6) is 0 Å². The van der Waals surface area contributed by atoms with Gasteiger partial charge >= 0.3 is 5.97 Å². The number of rotatable bonds is 9. The lowest BCUT2D eigenvalue weighted by Gasteiger charge is -2.11. The van der Waals surface area contributed by atoms with Crippen LogP contribution in [0.4, 0.5) is 0 Å². The Morgan fingerprint density at radius 2 is 1.79 bits per heavy atom. The molecule has 0 rings (SSSR count). The van der Waals surface area contributed by atoms with Crippen LogP contribution in [0.2, 0.25) is 0 Å². The van der Waals surface area contributed by atoms with Crippen molar-refractivity contribution < 1.29 is 9.90 Å². The van der Waals surface area contributed by atoms with Gasteiger partial charge in [0, 0.05) is 6.42 Å². The monoisotopic (exact) mass is 196 g/mol. The zero-order valence-corrected chi connectivity index (χ0v) is 8.74. The Morgan fingerprint density at radius 3 is 2.21 bits per heavy atom. The molecule has 80 valence electrons. The van der Waals surface area contributed by atoms with Gasteiger partial charge in [0.05, 0.1) is 0 Å². The summed E-state index contributed by atoms with van der Waals surface area (Å²) < 4.78 is 0. The molecular weight excluding hydrogens is 176 g/mol. The van der Waals surface area contributed by atoms with Crippen molar-refractivity contribution in [2.45, 2.75) is 38.5 Å². The van der Waals surface area contributed by atoms with Crippen LogP contribution in [0.15, 0.2) is 25.3 Å². The maximum atomic E-state index is 10.3. The van der Waals surface area contributed by atoms with Gasteiger partial charge in [0.25, 0.3) is 0 Å². The van der Waals surface area contributed by atoms with Crippen LogP contribution in [0.1, 0.15) is 38.5 Å². The molecule has 0 aliphatic rings. The van der Waals surface area contributed by atoms with E-state index in [1.165, 1.54) is 0 Å². The summed E-state index contributed by atoms with van der Waals surface area (Å²) in [6.07, 6.45) is 8.97. The number of hydrogen-bond acceptors (Lipinski definition) is 1. The van der Waals surface area contributed by atoms with E-state index in [-0.39, 0.29) is 6.42 Å². The van der Waals surface area contributed by atoms with E-state index in [0.29, 0.717) is 5.92 Å². The molecule has 0 fully saturated rings. The molecule has 0 radical (unpaired) electrons. The van der Waals surface area contributed by atoms with E-state index in [4.69, 9.17) is 5.11 Å². The number of hydrogen-bond donors (Lipinski definition) is 1. The highest BCUT2D eigenvalue weighted by Gasteiger charge is 2.05. The lowest BCUT2D eigenvalue weighted by Crippen LogP contribution is -1.99. The standard InChI is InChI=1S/C12H20O2/c1-3-7-11(8-4-2)9-5-6-10-12(13)14/h3-4,11H,1-2,5-10H2,(H,13,14). The fourth-order valence-corrected chi connectivity index (χ4v) is 1.51. The Labute approximate surface area is 86.3 Å². The lowest BCUT2D eigenvalue weighted by atomic mass is 9.94. The van der Waals surface area contributed by atoms with Gasteiger partial charge in [-0.3, -0.25) is 4.79 Å². The smallest absolute Gasteiger partial charge is 0.303 e. The van der Waals surface area contributed by atoms with E-state index in [0.717, 1.165) is 32.1 Å². The van der Waals surface area contributed by atoms with E-state index < -0.39 is 5.97 Å². The maximum absolute atomic E-state index is 10.3. The summed E-state index contributed by atoms with van der Waals surface area (Å²) in [6.45, 7) is 7.42. The van der Waals surface area contributed by atoms with Crippen LogP contribution in [0, 0.1) is 5.92 Å². The van der Waals surface area contributed by atoms with Crippen molar-refractivity contribution in [3.63, 3.8) is 0 Å². The molecule has 0 aromatic carbocycles. The van der Waals surface area contributed by atoms with Crippen molar-refractivity contribution in [2.24, 2.45) is 5.92 Å². The van der Waals surface area contributed by atoms with Gasteiger partial charge in [0.1, 0.15) is 0 Å². The van der Waals surface area contributed by atoms with Gasteiger partial charge in [-0.1, -0.05) is 18.6 Å². The second-order valence-corrected chi connectivity index (χ2v) is 3.55. The first kappa shape index (κ1) is 12.9. The summed E-state index contributed by atoms with van der Waals surface area (Å²) in [5.41, 5.74) is 0. The van der Waals surface area contributed by atoms with Crippen molar-refractivity contribution in [1.29, 1.82) is 0 Å². The molecule has 0 saturated carbocycles. The number of unbranched alkanes of at least 4 members (excludes halogenated alkanes) is 1. The second-order valence-electron chi connectivity index (χ2n) is 3.55. The molecule has 0 aromatic heterocycles. The molecule has 2 heteroatoms. The molecule has 0 aliphatic carbocycles. The third-order valence-corrected chi connectivity index (χ3v) is 2.25. The third-order valence-electron chi connectivity index (χ3n) is 2.25. The lowest BCUT2D eigenvalue weighted by molar-refractivity contribution is -0.137. The fraction of sp³-hybridized carbons (Fsp3) is 0.583. The van der Waals surface area contributed by atoms with Gasteiger partial charge in [-0.25, -0.2) is 0 Å². The Bertz CT molecular complexity index is 175. The molecule has 0 aromatic rings. The average molecular weight is 196 g/mol. The van der Waals surface area contributed by atoms with Crippen LogP contribution in [-0.2, 0) is 4.79 Å². The molecule has 0 saturated heterocycles. The quantitative estimate of drug-likeness (QED) is 0.453. The Kier molecular flexibility index (Phi) is 7.90. The van der Waals surface area contributed by atoms with E-state index in [9.17, 15) is 4.79 Å². The van der Waals surface area contributed by atoms with E-state index in [1.54, 1.807) is 0 Å². The van der Waals surface area contributed by atoms with Gasteiger partial charge in [-0.05, 0) is 31.6 Å². The molecular formula is C12H20O2. The fourth-order valence-electron chi connectivity index (χ4n) is 1.51. The molecule has 0 amide bonds. The number of aliphatic carboxylic acids is 1. The van der Waals surface area contributed by atoms with Crippen molar-refractivity contribution >= 4 is 5.97 Å². The van der Waals surface area contributed by atoms with Crippen molar-refractivity contribution in [3.05, 3.63) is 25.3 Å². The number of carbonyl (C=O) groups is 1. The molecule has 1 N–H and O–H groups in total. The number of carboxylic acids is 1. The minimum Gasteiger partial charge on any atom is -0.481 e. The van der Waals surface area contributed by atoms with Crippen molar-refractivity contribution in [2.75, 3.05) is 0 Å². The van der Waals surface area contributed by atoms with E-state index in [1.807, 2.05) is 12.2 Å². The van der Waals surface area contributed by atoms with Crippen LogP contribution in [0.25, 0.3) is 0 Å². The Morgan fingerprint density at radius 1 is 1.21 bits per heavy atom. The van der Waals surface area contributed by atoms with Gasteiger partial charge in [-0.15, -0.1) is 13.2 Å². The molecule has 0 atom stereocenters. The van der Waals surface area contributed by atoms with Crippen molar-refractivity contribution in [1.82, 2.24) is 0 Å². The normalized spacial score (nSPS) is 10.1. The van der Waals surface area contributed by atoms with Gasteiger partial charge < -0.3 is 5.11 Å². The predicted octanol–water partition coefficient (Wildman–Crippen LogP) is 3.40. The molecule has 0 bridgehead atoms. The molecule has 14 heavy (non-hydrogen) atoms. The molecule has 0 aliphatic heterocycles. The zero-order valence-electron chi connectivity index (χ0n) is 8.74. The van der Waals surface area contributed by atoms with Crippen LogP contribution in [0.3, 0.4) is 0 Å². The summed E-state index contributed by atoms with van der Waals surface area (Å²) in [5.74, 6) is -0.104. The number of allylic oxidation sites excluding steroid dienone is 2. The average Bonchev–Trinajstić information content (AvgIpc) is 2.12. The largest absolute Gasteiger partial charge is 0.481 e. The number of carboxylic acid groups (broad SMARTS) is 1. The first-order valence-corrected chi connectivity index (χ1v) is 5.14. The summed E-state index contributed by atoms with van der Waals surface area (Å²) >= 11 is 0. The highest BCUT2D eigenvalue weighted by molar-refractivity contribution is 5.66. The van der Waals surface area contributed by atoms with Crippen LogP contribution in [-0.4, -0.2) is 11.1 Å². The minimum absolute atomic E-state index is 0.287. The maximum Gasteiger partial charge on any atom is 0.303 e. The summed E-state index contributed by atoms with van der Waals surface area (Å²) in [6, 6.07) is 0. The molecule has 0 spiro atoms. The minimum atomic E-state index is -0.700. The van der Waals surface area contributed by atoms with Gasteiger partial charge in [0.2, 0.25) is 0 Å². The van der Waals surface area contributed by atoms with E-state index in [2.05, 4.69) is 13.2 Å². The molecule has 0 heterocycles. The predicted molar refractivity (Wildman–Crippen MR) is 59.2 cm³/mol. The zero-order chi connectivity index (χ0) is 10.8. The SMILES string of the molecule is C=CCC(CC=C)CCCCC(=O)O. The van der Waals surface area contributed by atoms with Gasteiger partial charge in [0.15, 0.2) is 0 Å². The van der Waals surface area contributed by atoms with Gasteiger partial charge in [-0.2, -0.15) is 0 Å². The summed E-state index contributed by atoms with van der Waals surface area (Å²) in [5, 5.41) is 8.45. The molecule has 0 unspecified atom stereocenters.